The van der Waals surface area contributed by atoms with Gasteiger partial charge in [0, 0.05) is 29.3 Å². The standard InChI is InChI=1S/C25H29ClN2O4S/c1-3-23(27)25(17-5-4-6-19(14-17)33(2,30)31)10-7-18(8-11-25)32-22-13-16-9-12-28-24(29)20(16)15-21(22)26/h4-6,9,12-15,18,23H,3,7-8,10-11,27H2,1-2H3,(H,28,29)/t18-,23?,25+. The lowest BCUT2D eigenvalue weighted by Gasteiger charge is -2.44. The molecule has 0 bridgehead atoms. The molecule has 0 spiro atoms. The average molecular weight is 489 g/mol. The van der Waals surface area contributed by atoms with E-state index in [4.69, 9.17) is 22.1 Å². The maximum absolute atomic E-state index is 12.1. The smallest absolute Gasteiger partial charge is 0.255 e. The summed E-state index contributed by atoms with van der Waals surface area (Å²) in [6.07, 6.45) is 6.67. The number of pyridine rings is 1. The van der Waals surface area contributed by atoms with Gasteiger partial charge in [-0.1, -0.05) is 30.7 Å². The third-order valence-corrected chi connectivity index (χ3v) is 8.34. The van der Waals surface area contributed by atoms with E-state index in [1.54, 1.807) is 30.5 Å². The summed E-state index contributed by atoms with van der Waals surface area (Å²) in [4.78, 5) is 15.0. The van der Waals surface area contributed by atoms with Crippen molar-refractivity contribution in [1.82, 2.24) is 4.98 Å². The first-order chi connectivity index (χ1) is 15.6. The molecule has 0 saturated heterocycles. The maximum Gasteiger partial charge on any atom is 0.255 e. The molecule has 1 fully saturated rings. The summed E-state index contributed by atoms with van der Waals surface area (Å²) in [7, 11) is -3.31. The number of hydrogen-bond donors (Lipinski definition) is 2. The van der Waals surface area contributed by atoms with Crippen LogP contribution in [0.4, 0.5) is 0 Å². The number of hydrogen-bond acceptors (Lipinski definition) is 5. The van der Waals surface area contributed by atoms with E-state index in [0.717, 1.165) is 43.1 Å². The number of nitrogens with two attached hydrogens (primary N) is 1. The van der Waals surface area contributed by atoms with Crippen molar-refractivity contribution in [2.45, 2.75) is 61.5 Å². The summed E-state index contributed by atoms with van der Waals surface area (Å²) in [5.41, 5.74) is 7.11. The second-order valence-corrected chi connectivity index (χ2v) is 11.4. The first-order valence-electron chi connectivity index (χ1n) is 11.2. The Morgan fingerprint density at radius 2 is 1.94 bits per heavy atom. The molecule has 0 amide bonds. The van der Waals surface area contributed by atoms with Gasteiger partial charge < -0.3 is 15.5 Å². The van der Waals surface area contributed by atoms with Crippen molar-refractivity contribution >= 4 is 32.2 Å². The number of benzene rings is 2. The monoisotopic (exact) mass is 488 g/mol. The van der Waals surface area contributed by atoms with E-state index in [0.29, 0.717) is 21.1 Å². The Kier molecular flexibility index (Phi) is 6.58. The molecule has 1 saturated carbocycles. The molecule has 4 rings (SSSR count). The summed E-state index contributed by atoms with van der Waals surface area (Å²) < 4.78 is 30.5. The van der Waals surface area contributed by atoms with Gasteiger partial charge in [0.1, 0.15) is 5.75 Å². The highest BCUT2D eigenvalue weighted by atomic mass is 35.5. The number of aromatic nitrogens is 1. The van der Waals surface area contributed by atoms with E-state index in [1.165, 1.54) is 6.26 Å². The van der Waals surface area contributed by atoms with Crippen LogP contribution >= 0.6 is 11.6 Å². The Balaban J connectivity index is 1.59. The highest BCUT2D eigenvalue weighted by Crippen LogP contribution is 2.44. The van der Waals surface area contributed by atoms with Crippen LogP contribution in [-0.4, -0.2) is 31.8 Å². The van der Waals surface area contributed by atoms with E-state index in [-0.39, 0.29) is 23.1 Å². The second kappa shape index (κ2) is 9.12. The van der Waals surface area contributed by atoms with Gasteiger partial charge >= 0.3 is 0 Å². The van der Waals surface area contributed by atoms with Gasteiger partial charge in [-0.05, 0) is 73.4 Å². The third-order valence-electron chi connectivity index (χ3n) is 6.93. The van der Waals surface area contributed by atoms with E-state index in [2.05, 4.69) is 11.9 Å². The molecule has 1 heterocycles. The lowest BCUT2D eigenvalue weighted by Crippen LogP contribution is -2.49. The number of rotatable bonds is 6. The van der Waals surface area contributed by atoms with Gasteiger partial charge in [0.25, 0.3) is 5.56 Å². The third kappa shape index (κ3) is 4.67. The van der Waals surface area contributed by atoms with Crippen molar-refractivity contribution < 1.29 is 13.2 Å². The summed E-state index contributed by atoms with van der Waals surface area (Å²) >= 11 is 6.42. The number of aromatic amines is 1. The predicted octanol–water partition coefficient (Wildman–Crippen LogP) is 4.58. The molecule has 6 nitrogen and oxygen atoms in total. The van der Waals surface area contributed by atoms with Crippen LogP contribution in [0.2, 0.25) is 5.02 Å². The largest absolute Gasteiger partial charge is 0.489 e. The molecule has 0 aliphatic heterocycles. The van der Waals surface area contributed by atoms with Gasteiger partial charge in [-0.25, -0.2) is 8.42 Å². The van der Waals surface area contributed by atoms with Crippen molar-refractivity contribution in [3.63, 3.8) is 0 Å². The zero-order valence-electron chi connectivity index (χ0n) is 18.8. The molecule has 3 aromatic rings. The van der Waals surface area contributed by atoms with Crippen LogP contribution in [0, 0.1) is 0 Å². The van der Waals surface area contributed by atoms with E-state index in [9.17, 15) is 13.2 Å². The Morgan fingerprint density at radius 3 is 2.61 bits per heavy atom. The highest BCUT2D eigenvalue weighted by Gasteiger charge is 2.42. The lowest BCUT2D eigenvalue weighted by atomic mass is 9.64. The van der Waals surface area contributed by atoms with E-state index in [1.807, 2.05) is 18.2 Å². The molecule has 1 aromatic heterocycles. The predicted molar refractivity (Wildman–Crippen MR) is 132 cm³/mol. The number of ether oxygens (including phenoxy) is 1. The molecular weight excluding hydrogens is 460 g/mol. The molecule has 3 N–H and O–H groups in total. The van der Waals surface area contributed by atoms with Crippen LogP contribution in [-0.2, 0) is 15.3 Å². The molecule has 1 atom stereocenters. The van der Waals surface area contributed by atoms with Gasteiger partial charge in [-0.15, -0.1) is 0 Å². The molecule has 0 radical (unpaired) electrons. The molecule has 1 unspecified atom stereocenters. The molecule has 2 aromatic carbocycles. The maximum atomic E-state index is 12.1. The van der Waals surface area contributed by atoms with E-state index >= 15 is 0 Å². The molecule has 8 heteroatoms. The zero-order chi connectivity index (χ0) is 23.8. The van der Waals surface area contributed by atoms with Crippen molar-refractivity contribution in [2.75, 3.05) is 6.26 Å². The van der Waals surface area contributed by atoms with Crippen molar-refractivity contribution in [2.24, 2.45) is 5.73 Å². The summed E-state index contributed by atoms with van der Waals surface area (Å²) in [5, 5.41) is 1.70. The Labute approximate surface area is 199 Å². The molecule has 1 aliphatic rings. The van der Waals surface area contributed by atoms with Crippen LogP contribution < -0.4 is 16.0 Å². The minimum absolute atomic E-state index is 0.0442. The first kappa shape index (κ1) is 23.8. The van der Waals surface area contributed by atoms with Crippen LogP contribution in [0.5, 0.6) is 5.75 Å². The normalized spacial score (nSPS) is 22.2. The Morgan fingerprint density at radius 1 is 1.21 bits per heavy atom. The van der Waals surface area contributed by atoms with Crippen molar-refractivity contribution in [3.8, 4) is 5.75 Å². The first-order valence-corrected chi connectivity index (χ1v) is 13.4. The summed E-state index contributed by atoms with van der Waals surface area (Å²) in [6.45, 7) is 2.06. The number of fused-ring (bicyclic) bond motifs is 1. The van der Waals surface area contributed by atoms with Crippen molar-refractivity contribution in [3.05, 3.63) is 69.6 Å². The molecular formula is C25H29ClN2O4S. The number of nitrogens with one attached hydrogen (secondary N) is 1. The van der Waals surface area contributed by atoms with Gasteiger partial charge in [0.15, 0.2) is 9.84 Å². The van der Waals surface area contributed by atoms with E-state index < -0.39 is 9.84 Å². The fraction of sp³-hybridized carbons (Fsp3) is 0.400. The van der Waals surface area contributed by atoms with Gasteiger partial charge in [-0.2, -0.15) is 0 Å². The topological polar surface area (TPSA) is 102 Å². The van der Waals surface area contributed by atoms with Gasteiger partial charge in [0.2, 0.25) is 0 Å². The van der Waals surface area contributed by atoms with Crippen molar-refractivity contribution in [1.29, 1.82) is 0 Å². The fourth-order valence-corrected chi connectivity index (χ4v) is 5.86. The summed E-state index contributed by atoms with van der Waals surface area (Å²) in [6, 6.07) is 12.4. The van der Waals surface area contributed by atoms with Crippen LogP contribution in [0.1, 0.15) is 44.6 Å². The second-order valence-electron chi connectivity index (χ2n) is 8.96. The lowest BCUT2D eigenvalue weighted by molar-refractivity contribution is 0.104. The van der Waals surface area contributed by atoms with Crippen LogP contribution in [0.15, 0.2) is 58.4 Å². The Bertz CT molecular complexity index is 1330. The van der Waals surface area contributed by atoms with Gasteiger partial charge in [0.05, 0.1) is 16.0 Å². The fourth-order valence-electron chi connectivity index (χ4n) is 4.98. The minimum atomic E-state index is -3.31. The molecule has 176 valence electrons. The number of H-pyrrole nitrogens is 1. The molecule has 1 aliphatic carbocycles. The van der Waals surface area contributed by atoms with Gasteiger partial charge in [-0.3, -0.25) is 4.79 Å². The van der Waals surface area contributed by atoms with Crippen LogP contribution in [0.3, 0.4) is 0 Å². The SMILES string of the molecule is CCC(N)[C@]1(c2cccc(S(C)(=O)=O)c2)CC[C@H](Oc2cc3cc[nH]c(=O)c3cc2Cl)CC1. The average Bonchev–Trinajstić information content (AvgIpc) is 2.80. The van der Waals surface area contributed by atoms with Crippen LogP contribution in [0.25, 0.3) is 10.8 Å². The number of sulfone groups is 1. The summed E-state index contributed by atoms with van der Waals surface area (Å²) in [5.74, 6) is 0.561. The zero-order valence-corrected chi connectivity index (χ0v) is 20.4. The number of halogens is 1. The quantitative estimate of drug-likeness (QED) is 0.528. The highest BCUT2D eigenvalue weighted by molar-refractivity contribution is 7.90. The molecule has 33 heavy (non-hydrogen) atoms. The minimum Gasteiger partial charge on any atom is -0.489 e. The Hall–Kier alpha value is -2.35.